The van der Waals surface area contributed by atoms with E-state index in [1.807, 2.05) is 26.0 Å². The number of rotatable bonds is 4. The molecule has 1 N–H and O–H groups in total. The standard InChI is InChI=1S/C20H25N3O2/c1-13-4-5-15(10-17(13)25-3)20(8-9-20)19(24)22-16-6-7-18-21-14(2)11-23(18)12-16/h4-5,10-11,16H,6-9,12H2,1-3H3,(H,22,24)/t16-/m1/s1. The van der Waals surface area contributed by atoms with Gasteiger partial charge in [0, 0.05) is 25.2 Å². The maximum atomic E-state index is 13.0. The molecule has 2 aliphatic rings. The summed E-state index contributed by atoms with van der Waals surface area (Å²) in [6.07, 6.45) is 5.77. The van der Waals surface area contributed by atoms with E-state index < -0.39 is 0 Å². The van der Waals surface area contributed by atoms with Gasteiger partial charge in [0.15, 0.2) is 0 Å². The molecular formula is C20H25N3O2. The first-order valence-corrected chi connectivity index (χ1v) is 9.00. The maximum absolute atomic E-state index is 13.0. The van der Waals surface area contributed by atoms with Crippen molar-refractivity contribution in [3.05, 3.63) is 47.0 Å². The second kappa shape index (κ2) is 5.90. The van der Waals surface area contributed by atoms with Crippen LogP contribution in [-0.2, 0) is 23.2 Å². The number of fused-ring (bicyclic) bond motifs is 1. The van der Waals surface area contributed by atoms with E-state index in [0.29, 0.717) is 0 Å². The molecule has 0 unspecified atom stereocenters. The van der Waals surface area contributed by atoms with Crippen LogP contribution in [0, 0.1) is 13.8 Å². The molecule has 0 radical (unpaired) electrons. The second-order valence-electron chi connectivity index (χ2n) is 7.43. The third kappa shape index (κ3) is 2.81. The molecule has 0 saturated heterocycles. The number of carbonyl (C=O) groups excluding carboxylic acids is 1. The topological polar surface area (TPSA) is 56.1 Å². The number of carbonyl (C=O) groups is 1. The highest BCUT2D eigenvalue weighted by Crippen LogP contribution is 2.49. The highest BCUT2D eigenvalue weighted by molar-refractivity contribution is 5.91. The summed E-state index contributed by atoms with van der Waals surface area (Å²) in [6.45, 7) is 4.85. The van der Waals surface area contributed by atoms with Crippen molar-refractivity contribution in [3.63, 3.8) is 0 Å². The first-order chi connectivity index (χ1) is 12.0. The molecule has 132 valence electrons. The fourth-order valence-corrected chi connectivity index (χ4v) is 3.92. The van der Waals surface area contributed by atoms with Gasteiger partial charge in [0.2, 0.25) is 5.91 Å². The van der Waals surface area contributed by atoms with Gasteiger partial charge in [-0.25, -0.2) is 4.98 Å². The summed E-state index contributed by atoms with van der Waals surface area (Å²) in [4.78, 5) is 17.6. The van der Waals surface area contributed by atoms with E-state index in [1.165, 1.54) is 0 Å². The molecular weight excluding hydrogens is 314 g/mol. The van der Waals surface area contributed by atoms with Crippen molar-refractivity contribution < 1.29 is 9.53 Å². The quantitative estimate of drug-likeness (QED) is 0.932. The molecule has 5 heteroatoms. The maximum Gasteiger partial charge on any atom is 0.230 e. The van der Waals surface area contributed by atoms with E-state index in [4.69, 9.17) is 4.74 Å². The zero-order valence-corrected chi connectivity index (χ0v) is 15.1. The highest BCUT2D eigenvalue weighted by atomic mass is 16.5. The summed E-state index contributed by atoms with van der Waals surface area (Å²) >= 11 is 0. The van der Waals surface area contributed by atoms with Crippen LogP contribution in [0.5, 0.6) is 5.75 Å². The molecule has 4 rings (SSSR count). The fraction of sp³-hybridized carbons (Fsp3) is 0.500. The molecule has 1 aromatic heterocycles. The number of ether oxygens (including phenoxy) is 1. The predicted molar refractivity (Wildman–Crippen MR) is 95.9 cm³/mol. The minimum Gasteiger partial charge on any atom is -0.496 e. The zero-order valence-electron chi connectivity index (χ0n) is 15.1. The van der Waals surface area contributed by atoms with E-state index in [2.05, 4.69) is 27.1 Å². The summed E-state index contributed by atoms with van der Waals surface area (Å²) in [5, 5.41) is 3.29. The monoisotopic (exact) mass is 339 g/mol. The van der Waals surface area contributed by atoms with Crippen molar-refractivity contribution in [2.75, 3.05) is 7.11 Å². The van der Waals surface area contributed by atoms with Crippen molar-refractivity contribution in [1.29, 1.82) is 0 Å². The number of hydrogen-bond acceptors (Lipinski definition) is 3. The fourth-order valence-electron chi connectivity index (χ4n) is 3.92. The smallest absolute Gasteiger partial charge is 0.230 e. The average Bonchev–Trinajstić information content (AvgIpc) is 3.32. The first-order valence-electron chi connectivity index (χ1n) is 9.00. The molecule has 1 amide bonds. The molecule has 2 aromatic rings. The van der Waals surface area contributed by atoms with Gasteiger partial charge in [-0.1, -0.05) is 12.1 Å². The summed E-state index contributed by atoms with van der Waals surface area (Å²) in [5.74, 6) is 2.14. The Morgan fingerprint density at radius 1 is 1.36 bits per heavy atom. The lowest BCUT2D eigenvalue weighted by Gasteiger charge is -2.27. The third-order valence-corrected chi connectivity index (χ3v) is 5.59. The Labute approximate surface area is 148 Å². The van der Waals surface area contributed by atoms with Crippen LogP contribution in [-0.4, -0.2) is 28.6 Å². The van der Waals surface area contributed by atoms with Crippen molar-refractivity contribution in [2.24, 2.45) is 0 Å². The van der Waals surface area contributed by atoms with Crippen LogP contribution in [0.4, 0.5) is 0 Å². The molecule has 1 aromatic carbocycles. The van der Waals surface area contributed by atoms with Crippen molar-refractivity contribution >= 4 is 5.91 Å². The minimum absolute atomic E-state index is 0.156. The van der Waals surface area contributed by atoms with Crippen molar-refractivity contribution in [2.45, 2.75) is 57.5 Å². The number of nitrogens with zero attached hydrogens (tertiary/aromatic N) is 2. The molecule has 2 heterocycles. The van der Waals surface area contributed by atoms with Gasteiger partial charge in [0.25, 0.3) is 0 Å². The van der Waals surface area contributed by atoms with Gasteiger partial charge in [-0.15, -0.1) is 0 Å². The molecule has 0 bridgehead atoms. The van der Waals surface area contributed by atoms with Crippen LogP contribution in [0.15, 0.2) is 24.4 Å². The lowest BCUT2D eigenvalue weighted by atomic mass is 9.93. The number of imidazole rings is 1. The SMILES string of the molecule is COc1cc(C2(C(=O)N[C@@H]3CCc4nc(C)cn4C3)CC2)ccc1C. The zero-order chi connectivity index (χ0) is 17.6. The summed E-state index contributed by atoms with van der Waals surface area (Å²) in [7, 11) is 1.68. The van der Waals surface area contributed by atoms with E-state index in [1.54, 1.807) is 7.11 Å². The average molecular weight is 339 g/mol. The summed E-state index contributed by atoms with van der Waals surface area (Å²) in [5.41, 5.74) is 2.85. The van der Waals surface area contributed by atoms with Crippen molar-refractivity contribution in [3.8, 4) is 5.75 Å². The second-order valence-corrected chi connectivity index (χ2v) is 7.43. The highest BCUT2D eigenvalue weighted by Gasteiger charge is 2.51. The molecule has 1 aliphatic carbocycles. The molecule has 0 spiro atoms. The Balaban J connectivity index is 1.50. The Morgan fingerprint density at radius 2 is 2.16 bits per heavy atom. The summed E-state index contributed by atoms with van der Waals surface area (Å²) in [6, 6.07) is 6.32. The van der Waals surface area contributed by atoms with Crippen molar-refractivity contribution in [1.82, 2.24) is 14.9 Å². The Bertz CT molecular complexity index is 820. The number of amides is 1. The Hall–Kier alpha value is -2.30. The lowest BCUT2D eigenvalue weighted by Crippen LogP contribution is -2.45. The molecule has 1 aliphatic heterocycles. The Morgan fingerprint density at radius 3 is 2.88 bits per heavy atom. The molecule has 25 heavy (non-hydrogen) atoms. The Kier molecular flexibility index (Phi) is 3.82. The van der Waals surface area contributed by atoms with Crippen LogP contribution in [0.2, 0.25) is 0 Å². The number of aryl methyl sites for hydroxylation is 3. The van der Waals surface area contributed by atoms with Gasteiger partial charge in [0.1, 0.15) is 11.6 Å². The van der Waals surface area contributed by atoms with Crippen LogP contribution in [0.3, 0.4) is 0 Å². The van der Waals surface area contributed by atoms with Crippen LogP contribution >= 0.6 is 0 Å². The van der Waals surface area contributed by atoms with E-state index in [9.17, 15) is 4.79 Å². The van der Waals surface area contributed by atoms with Gasteiger partial charge in [-0.3, -0.25) is 4.79 Å². The number of benzene rings is 1. The molecule has 1 fully saturated rings. The number of nitrogens with one attached hydrogen (secondary N) is 1. The molecule has 1 saturated carbocycles. The van der Waals surface area contributed by atoms with Crippen LogP contribution in [0.25, 0.3) is 0 Å². The summed E-state index contributed by atoms with van der Waals surface area (Å²) < 4.78 is 7.62. The number of aromatic nitrogens is 2. The van der Waals surface area contributed by atoms with Crippen LogP contribution < -0.4 is 10.1 Å². The predicted octanol–water partition coefficient (Wildman–Crippen LogP) is 2.67. The number of methoxy groups -OCH3 is 1. The third-order valence-electron chi connectivity index (χ3n) is 5.59. The van der Waals surface area contributed by atoms with E-state index in [-0.39, 0.29) is 17.4 Å². The first kappa shape index (κ1) is 16.2. The van der Waals surface area contributed by atoms with E-state index >= 15 is 0 Å². The largest absolute Gasteiger partial charge is 0.496 e. The number of hydrogen-bond donors (Lipinski definition) is 1. The molecule has 5 nitrogen and oxygen atoms in total. The van der Waals surface area contributed by atoms with Gasteiger partial charge >= 0.3 is 0 Å². The van der Waals surface area contributed by atoms with Crippen LogP contribution in [0.1, 0.15) is 41.9 Å². The van der Waals surface area contributed by atoms with Gasteiger partial charge in [-0.2, -0.15) is 0 Å². The molecule has 1 atom stereocenters. The van der Waals surface area contributed by atoms with E-state index in [0.717, 1.165) is 60.6 Å². The normalized spacial score (nSPS) is 20.7. The van der Waals surface area contributed by atoms with Gasteiger partial charge < -0.3 is 14.6 Å². The van der Waals surface area contributed by atoms with Gasteiger partial charge in [0.05, 0.1) is 18.2 Å². The van der Waals surface area contributed by atoms with Gasteiger partial charge in [-0.05, 0) is 50.3 Å². The lowest BCUT2D eigenvalue weighted by molar-refractivity contribution is -0.124. The minimum atomic E-state index is -0.369.